The zero-order valence-electron chi connectivity index (χ0n) is 11.4. The van der Waals surface area contributed by atoms with Crippen molar-refractivity contribution in [2.75, 3.05) is 0 Å². The third-order valence-corrected chi connectivity index (χ3v) is 2.89. The number of carboxylic acids is 1. The van der Waals surface area contributed by atoms with Crippen LogP contribution < -0.4 is 0 Å². The highest BCUT2D eigenvalue weighted by molar-refractivity contribution is 5.70. The van der Waals surface area contributed by atoms with E-state index in [0.29, 0.717) is 18.8 Å². The van der Waals surface area contributed by atoms with Crippen LogP contribution in [0.4, 0.5) is 0 Å². The maximum Gasteiger partial charge on any atom is 0.307 e. The second-order valence-corrected chi connectivity index (χ2v) is 5.13. The van der Waals surface area contributed by atoms with Crippen LogP contribution in [-0.4, -0.2) is 11.1 Å². The molecule has 0 saturated carbocycles. The Balaban J connectivity index is 2.63. The molecule has 2 heteroatoms. The lowest BCUT2D eigenvalue weighted by Gasteiger charge is -2.10. The maximum atomic E-state index is 11.2. The van der Waals surface area contributed by atoms with Crippen LogP contribution in [0.5, 0.6) is 0 Å². The lowest BCUT2D eigenvalue weighted by Crippen LogP contribution is -2.15. The first-order valence-corrected chi connectivity index (χ1v) is 6.44. The minimum absolute atomic E-state index is 0.331. The first-order chi connectivity index (χ1) is 8.49. The average molecular weight is 246 g/mol. The standard InChI is InChI=1S/C16H22O2/c1-12(2)5-4-6-15(16(17)18)11-14-9-7-13(3)8-10-14/h4-5,7-10,12,15H,6,11H2,1-3H3,(H,17,18)/b5-4+/t15-/m0/s1. The van der Waals surface area contributed by atoms with Crippen LogP contribution in [0.1, 0.15) is 31.4 Å². The number of benzene rings is 1. The van der Waals surface area contributed by atoms with Crippen molar-refractivity contribution in [2.24, 2.45) is 11.8 Å². The van der Waals surface area contributed by atoms with Crippen LogP contribution in [0.3, 0.4) is 0 Å². The fourth-order valence-electron chi connectivity index (χ4n) is 1.80. The van der Waals surface area contributed by atoms with Gasteiger partial charge in [-0.05, 0) is 31.2 Å². The predicted octanol–water partition coefficient (Wildman–Crippen LogP) is 3.84. The molecule has 0 fully saturated rings. The van der Waals surface area contributed by atoms with E-state index in [1.807, 2.05) is 37.3 Å². The lowest BCUT2D eigenvalue weighted by atomic mass is 9.95. The highest BCUT2D eigenvalue weighted by Gasteiger charge is 2.16. The van der Waals surface area contributed by atoms with Gasteiger partial charge in [0.05, 0.1) is 5.92 Å². The summed E-state index contributed by atoms with van der Waals surface area (Å²) in [7, 11) is 0. The van der Waals surface area contributed by atoms with Crippen LogP contribution in [0.2, 0.25) is 0 Å². The molecule has 0 aromatic heterocycles. The smallest absolute Gasteiger partial charge is 0.307 e. The first-order valence-electron chi connectivity index (χ1n) is 6.44. The second-order valence-electron chi connectivity index (χ2n) is 5.13. The van der Waals surface area contributed by atoms with Gasteiger partial charge >= 0.3 is 5.97 Å². The Labute approximate surface area is 109 Å². The molecule has 0 aliphatic rings. The molecule has 0 aliphatic carbocycles. The predicted molar refractivity (Wildman–Crippen MR) is 74.6 cm³/mol. The van der Waals surface area contributed by atoms with Gasteiger partial charge in [-0.1, -0.05) is 55.8 Å². The molecule has 1 atom stereocenters. The van der Waals surface area contributed by atoms with Gasteiger partial charge < -0.3 is 5.11 Å². The Kier molecular flexibility index (Phi) is 5.63. The molecule has 0 bridgehead atoms. The van der Waals surface area contributed by atoms with Crippen molar-refractivity contribution in [2.45, 2.75) is 33.6 Å². The number of hydrogen-bond acceptors (Lipinski definition) is 1. The molecular weight excluding hydrogens is 224 g/mol. The Morgan fingerprint density at radius 1 is 1.28 bits per heavy atom. The molecule has 0 saturated heterocycles. The minimum Gasteiger partial charge on any atom is -0.481 e. The number of aryl methyl sites for hydroxylation is 1. The summed E-state index contributed by atoms with van der Waals surface area (Å²) in [5.41, 5.74) is 2.29. The zero-order chi connectivity index (χ0) is 13.5. The SMILES string of the molecule is Cc1ccc(C[C@H](C/C=C/C(C)C)C(=O)O)cc1. The molecule has 1 rings (SSSR count). The highest BCUT2D eigenvalue weighted by atomic mass is 16.4. The van der Waals surface area contributed by atoms with Crippen molar-refractivity contribution in [3.8, 4) is 0 Å². The number of carbonyl (C=O) groups is 1. The van der Waals surface area contributed by atoms with Crippen LogP contribution in [0.25, 0.3) is 0 Å². The third kappa shape index (κ3) is 5.17. The van der Waals surface area contributed by atoms with Gasteiger partial charge in [-0.2, -0.15) is 0 Å². The van der Waals surface area contributed by atoms with Crippen molar-refractivity contribution in [3.63, 3.8) is 0 Å². The Hall–Kier alpha value is -1.57. The molecule has 18 heavy (non-hydrogen) atoms. The van der Waals surface area contributed by atoms with Gasteiger partial charge in [0.2, 0.25) is 0 Å². The number of rotatable bonds is 6. The summed E-state index contributed by atoms with van der Waals surface area (Å²) in [4.78, 5) is 11.2. The summed E-state index contributed by atoms with van der Waals surface area (Å²) in [6, 6.07) is 8.07. The summed E-state index contributed by atoms with van der Waals surface area (Å²) in [6.45, 7) is 6.21. The molecule has 0 amide bonds. The molecule has 2 nitrogen and oxygen atoms in total. The summed E-state index contributed by atoms with van der Waals surface area (Å²) in [6.07, 6.45) is 5.24. The molecule has 1 aromatic rings. The van der Waals surface area contributed by atoms with E-state index in [0.717, 1.165) is 5.56 Å². The molecule has 0 spiro atoms. The van der Waals surface area contributed by atoms with E-state index >= 15 is 0 Å². The molecule has 0 heterocycles. The van der Waals surface area contributed by atoms with E-state index in [2.05, 4.69) is 19.9 Å². The second kappa shape index (κ2) is 7.00. The van der Waals surface area contributed by atoms with Gasteiger partial charge in [-0.3, -0.25) is 4.79 Å². The van der Waals surface area contributed by atoms with Crippen LogP contribution in [-0.2, 0) is 11.2 Å². The average Bonchev–Trinajstić information content (AvgIpc) is 2.30. The Morgan fingerprint density at radius 2 is 1.89 bits per heavy atom. The van der Waals surface area contributed by atoms with Gasteiger partial charge in [0.1, 0.15) is 0 Å². The van der Waals surface area contributed by atoms with Gasteiger partial charge in [0.15, 0.2) is 0 Å². The summed E-state index contributed by atoms with van der Waals surface area (Å²) in [5, 5.41) is 9.22. The fraction of sp³-hybridized carbons (Fsp3) is 0.438. The summed E-state index contributed by atoms with van der Waals surface area (Å²) >= 11 is 0. The molecule has 1 N–H and O–H groups in total. The summed E-state index contributed by atoms with van der Waals surface area (Å²) < 4.78 is 0. The summed E-state index contributed by atoms with van der Waals surface area (Å²) in [5.74, 6) is -0.578. The van der Waals surface area contributed by atoms with E-state index in [4.69, 9.17) is 0 Å². The van der Waals surface area contributed by atoms with E-state index in [9.17, 15) is 9.90 Å². The van der Waals surface area contributed by atoms with E-state index in [-0.39, 0.29) is 5.92 Å². The van der Waals surface area contributed by atoms with Crippen molar-refractivity contribution < 1.29 is 9.90 Å². The van der Waals surface area contributed by atoms with Crippen LogP contribution in [0, 0.1) is 18.8 Å². The van der Waals surface area contributed by atoms with E-state index < -0.39 is 5.97 Å². The molecule has 98 valence electrons. The molecular formula is C16H22O2. The largest absolute Gasteiger partial charge is 0.481 e. The van der Waals surface area contributed by atoms with E-state index in [1.54, 1.807) is 0 Å². The van der Waals surface area contributed by atoms with Crippen molar-refractivity contribution in [3.05, 3.63) is 47.5 Å². The topological polar surface area (TPSA) is 37.3 Å². The number of aliphatic carboxylic acids is 1. The number of carboxylic acid groups (broad SMARTS) is 1. The quantitative estimate of drug-likeness (QED) is 0.774. The third-order valence-electron chi connectivity index (χ3n) is 2.89. The Bertz CT molecular complexity index is 402. The lowest BCUT2D eigenvalue weighted by molar-refractivity contribution is -0.141. The molecule has 0 unspecified atom stereocenters. The van der Waals surface area contributed by atoms with Crippen LogP contribution in [0.15, 0.2) is 36.4 Å². The zero-order valence-corrected chi connectivity index (χ0v) is 11.4. The van der Waals surface area contributed by atoms with Crippen LogP contribution >= 0.6 is 0 Å². The van der Waals surface area contributed by atoms with E-state index in [1.165, 1.54) is 5.56 Å². The molecule has 1 aromatic carbocycles. The first kappa shape index (κ1) is 14.5. The Morgan fingerprint density at radius 3 is 2.39 bits per heavy atom. The van der Waals surface area contributed by atoms with Crippen molar-refractivity contribution >= 4 is 5.97 Å². The van der Waals surface area contributed by atoms with Crippen molar-refractivity contribution in [1.82, 2.24) is 0 Å². The number of allylic oxidation sites excluding steroid dienone is 2. The van der Waals surface area contributed by atoms with Gasteiger partial charge in [-0.15, -0.1) is 0 Å². The number of hydrogen-bond donors (Lipinski definition) is 1. The minimum atomic E-state index is -0.719. The normalized spacial score (nSPS) is 13.1. The monoisotopic (exact) mass is 246 g/mol. The van der Waals surface area contributed by atoms with Crippen molar-refractivity contribution in [1.29, 1.82) is 0 Å². The van der Waals surface area contributed by atoms with Gasteiger partial charge in [0.25, 0.3) is 0 Å². The fourth-order valence-corrected chi connectivity index (χ4v) is 1.80. The molecule has 0 aliphatic heterocycles. The highest BCUT2D eigenvalue weighted by Crippen LogP contribution is 2.15. The molecule has 0 radical (unpaired) electrons. The van der Waals surface area contributed by atoms with Gasteiger partial charge in [0, 0.05) is 0 Å². The maximum absolute atomic E-state index is 11.2. The van der Waals surface area contributed by atoms with Gasteiger partial charge in [-0.25, -0.2) is 0 Å².